The number of thiazole rings is 1. The van der Waals surface area contributed by atoms with E-state index in [0.717, 1.165) is 16.2 Å². The monoisotopic (exact) mass is 574 g/mol. The molecule has 2 aromatic heterocycles. The van der Waals surface area contributed by atoms with Gasteiger partial charge in [0.25, 0.3) is 11.8 Å². The summed E-state index contributed by atoms with van der Waals surface area (Å²) in [4.78, 5) is 42.3. The SMILES string of the molecule is Nc1nc(/C(=N/O)C(=O)N[C@@H]2C(=O)N3C(C(=O)O)=C(/C=C\c4cc(Br)no4)CS[C@H]23)c(Cl)s1. The van der Waals surface area contributed by atoms with Gasteiger partial charge in [-0.25, -0.2) is 9.78 Å². The van der Waals surface area contributed by atoms with Gasteiger partial charge in [0.1, 0.15) is 31.7 Å². The zero-order chi connectivity index (χ0) is 23.9. The molecule has 4 heterocycles. The van der Waals surface area contributed by atoms with Crippen molar-refractivity contribution in [1.82, 2.24) is 20.4 Å². The highest BCUT2D eigenvalue weighted by Gasteiger charge is 2.54. The van der Waals surface area contributed by atoms with Gasteiger partial charge in [-0.15, -0.1) is 11.8 Å². The van der Waals surface area contributed by atoms with Crippen molar-refractivity contribution in [2.45, 2.75) is 11.4 Å². The van der Waals surface area contributed by atoms with Gasteiger partial charge in [-0.1, -0.05) is 39.3 Å². The summed E-state index contributed by atoms with van der Waals surface area (Å²) in [5.74, 6) is -2.19. The second kappa shape index (κ2) is 9.17. The molecule has 172 valence electrons. The van der Waals surface area contributed by atoms with Crippen molar-refractivity contribution in [2.24, 2.45) is 5.16 Å². The van der Waals surface area contributed by atoms with Crippen molar-refractivity contribution in [2.75, 3.05) is 11.5 Å². The number of allylic oxidation sites excluding steroid dienone is 1. The normalized spacial score (nSPS) is 20.7. The molecule has 5 N–H and O–H groups in total. The van der Waals surface area contributed by atoms with Crippen LogP contribution < -0.4 is 11.1 Å². The highest BCUT2D eigenvalue weighted by atomic mass is 79.9. The number of rotatable bonds is 6. The number of amides is 2. The van der Waals surface area contributed by atoms with Crippen LogP contribution in [0.4, 0.5) is 5.13 Å². The summed E-state index contributed by atoms with van der Waals surface area (Å²) in [5.41, 5.74) is 5.09. The molecule has 2 atom stereocenters. The van der Waals surface area contributed by atoms with Gasteiger partial charge in [-0.2, -0.15) is 0 Å². The largest absolute Gasteiger partial charge is 0.477 e. The predicted molar refractivity (Wildman–Crippen MR) is 123 cm³/mol. The van der Waals surface area contributed by atoms with E-state index >= 15 is 0 Å². The molecular formula is C17H12BrClN6O6S2. The van der Waals surface area contributed by atoms with E-state index in [4.69, 9.17) is 21.9 Å². The highest BCUT2D eigenvalue weighted by molar-refractivity contribution is 9.10. The quantitative estimate of drug-likeness (QED) is 0.171. The Morgan fingerprint density at radius 2 is 2.21 bits per heavy atom. The van der Waals surface area contributed by atoms with Crippen LogP contribution in [0.15, 0.2) is 37.7 Å². The number of hydrogen-bond acceptors (Lipinski definition) is 11. The number of carbonyl (C=O) groups is 3. The van der Waals surface area contributed by atoms with Crippen molar-refractivity contribution >= 4 is 85.3 Å². The molecule has 12 nitrogen and oxygen atoms in total. The summed E-state index contributed by atoms with van der Waals surface area (Å²) in [6.07, 6.45) is 3.07. The number of aromatic nitrogens is 2. The van der Waals surface area contributed by atoms with Gasteiger partial charge < -0.3 is 25.9 Å². The van der Waals surface area contributed by atoms with Crippen LogP contribution in [0.5, 0.6) is 0 Å². The van der Waals surface area contributed by atoms with E-state index in [1.165, 1.54) is 23.9 Å². The number of nitrogens with two attached hydrogens (primary N) is 1. The van der Waals surface area contributed by atoms with Crippen LogP contribution in [0.25, 0.3) is 6.08 Å². The number of halogens is 2. The lowest BCUT2D eigenvalue weighted by atomic mass is 10.0. The molecule has 1 fully saturated rings. The fourth-order valence-corrected chi connectivity index (χ4v) is 5.72. The minimum absolute atomic E-state index is 0.0374. The predicted octanol–water partition coefficient (Wildman–Crippen LogP) is 1.76. The van der Waals surface area contributed by atoms with Gasteiger partial charge in [0.05, 0.1) is 0 Å². The summed E-state index contributed by atoms with van der Waals surface area (Å²) in [7, 11) is 0. The second-order valence-electron chi connectivity index (χ2n) is 6.55. The van der Waals surface area contributed by atoms with Crippen LogP contribution in [0, 0.1) is 0 Å². The molecule has 4 rings (SSSR count). The standard InChI is InChI=1S/C17H12BrClN6O6S2/c18-7-3-6(31-24-7)2-1-5-4-32-15-10(14(27)25(15)11(5)16(28)29)21-13(26)9(23-30)8-12(19)33-17(20)22-8/h1-3,10,15,30H,4H2,(H2,20,22)(H,21,26)(H,28,29)/b2-1-,23-9-/t10-,15-/m1/s1. The van der Waals surface area contributed by atoms with Crippen molar-refractivity contribution < 1.29 is 29.2 Å². The molecule has 0 unspecified atom stereocenters. The second-order valence-corrected chi connectivity index (χ2v) is 10.1. The summed E-state index contributed by atoms with van der Waals surface area (Å²) >= 11 is 11.3. The Bertz CT molecular complexity index is 1260. The highest BCUT2D eigenvalue weighted by Crippen LogP contribution is 2.41. The Morgan fingerprint density at radius 3 is 2.79 bits per heavy atom. The van der Waals surface area contributed by atoms with E-state index < -0.39 is 34.9 Å². The number of carboxylic acids is 1. The molecule has 0 spiro atoms. The molecule has 0 aromatic carbocycles. The average Bonchev–Trinajstić information content (AvgIpc) is 3.34. The Hall–Kier alpha value is -2.88. The Morgan fingerprint density at radius 1 is 1.45 bits per heavy atom. The van der Waals surface area contributed by atoms with Gasteiger partial charge in [0.15, 0.2) is 16.6 Å². The first kappa shape index (κ1) is 23.3. The number of nitrogen functional groups attached to an aromatic ring is 1. The maximum atomic E-state index is 12.8. The number of thioether (sulfide) groups is 1. The lowest BCUT2D eigenvalue weighted by Crippen LogP contribution is -2.71. The van der Waals surface area contributed by atoms with Crippen molar-refractivity contribution in [3.8, 4) is 0 Å². The third-order valence-corrected chi connectivity index (χ3v) is 7.34. The maximum absolute atomic E-state index is 12.8. The zero-order valence-electron chi connectivity index (χ0n) is 16.1. The lowest BCUT2D eigenvalue weighted by molar-refractivity contribution is -0.150. The molecule has 0 saturated carbocycles. The molecule has 0 aliphatic carbocycles. The van der Waals surface area contributed by atoms with Crippen molar-refractivity contribution in [3.63, 3.8) is 0 Å². The van der Waals surface area contributed by atoms with Gasteiger partial charge >= 0.3 is 5.97 Å². The van der Waals surface area contributed by atoms with E-state index in [-0.39, 0.29) is 26.6 Å². The van der Waals surface area contributed by atoms with E-state index in [1.807, 2.05) is 0 Å². The van der Waals surface area contributed by atoms with Crippen LogP contribution in [-0.2, 0) is 14.4 Å². The lowest BCUT2D eigenvalue weighted by Gasteiger charge is -2.49. The fourth-order valence-electron chi connectivity index (χ4n) is 3.17. The van der Waals surface area contributed by atoms with Crippen LogP contribution in [0.2, 0.25) is 4.34 Å². The number of hydrogen-bond donors (Lipinski definition) is 4. The Labute approximate surface area is 206 Å². The first-order valence-electron chi connectivity index (χ1n) is 8.87. The van der Waals surface area contributed by atoms with E-state index in [2.05, 4.69) is 36.5 Å². The molecule has 2 aliphatic heterocycles. The molecule has 2 aromatic rings. The Kier molecular flexibility index (Phi) is 6.47. The van der Waals surface area contributed by atoms with E-state index in [9.17, 15) is 24.7 Å². The van der Waals surface area contributed by atoms with E-state index in [1.54, 1.807) is 6.07 Å². The van der Waals surface area contributed by atoms with Gasteiger partial charge in [0, 0.05) is 11.8 Å². The number of anilines is 1. The number of nitrogens with one attached hydrogen (secondary N) is 1. The first-order valence-corrected chi connectivity index (χ1v) is 11.9. The van der Waals surface area contributed by atoms with Gasteiger partial charge in [0.2, 0.25) is 0 Å². The number of aliphatic carboxylic acids is 1. The number of nitrogens with zero attached hydrogens (tertiary/aromatic N) is 4. The summed E-state index contributed by atoms with van der Waals surface area (Å²) in [6.45, 7) is 0. The fraction of sp³-hybridized carbons (Fsp3) is 0.176. The number of fused-ring (bicyclic) bond motifs is 1. The van der Waals surface area contributed by atoms with E-state index in [0.29, 0.717) is 15.9 Å². The molecule has 0 radical (unpaired) electrons. The van der Waals surface area contributed by atoms with Crippen LogP contribution >= 0.6 is 50.6 Å². The van der Waals surface area contributed by atoms with Crippen molar-refractivity contribution in [1.29, 1.82) is 0 Å². The van der Waals surface area contributed by atoms with Crippen LogP contribution in [0.3, 0.4) is 0 Å². The smallest absolute Gasteiger partial charge is 0.352 e. The molecule has 1 saturated heterocycles. The molecule has 0 bridgehead atoms. The van der Waals surface area contributed by atoms with Crippen molar-refractivity contribution in [3.05, 3.63) is 43.8 Å². The molecule has 2 amide bonds. The molecule has 33 heavy (non-hydrogen) atoms. The third kappa shape index (κ3) is 4.36. The average molecular weight is 576 g/mol. The summed E-state index contributed by atoms with van der Waals surface area (Å²) < 4.78 is 5.55. The number of carbonyl (C=O) groups excluding carboxylic acids is 2. The molecule has 16 heteroatoms. The van der Waals surface area contributed by atoms with Crippen LogP contribution in [-0.4, -0.2) is 66.0 Å². The van der Waals surface area contributed by atoms with Crippen LogP contribution in [0.1, 0.15) is 11.5 Å². The van der Waals surface area contributed by atoms with Gasteiger partial charge in [-0.05, 0) is 27.6 Å². The summed E-state index contributed by atoms with van der Waals surface area (Å²) in [6, 6.07) is 0.554. The maximum Gasteiger partial charge on any atom is 0.352 e. The molecule has 2 aliphatic rings. The summed E-state index contributed by atoms with van der Waals surface area (Å²) in [5, 5.41) is 27.4. The molecular weight excluding hydrogens is 564 g/mol. The third-order valence-electron chi connectivity index (χ3n) is 4.58. The minimum Gasteiger partial charge on any atom is -0.477 e. The van der Waals surface area contributed by atoms with Gasteiger partial charge in [-0.3, -0.25) is 14.5 Å². The number of carboxylic acid groups (broad SMARTS) is 1. The Balaban J connectivity index is 1.53. The first-order chi connectivity index (χ1) is 15.7. The zero-order valence-corrected chi connectivity index (χ0v) is 20.0. The number of oxime groups is 1. The topological polar surface area (TPSA) is 184 Å². The minimum atomic E-state index is -1.29. The number of β-lactam (4-membered cyclic amide) rings is 1.